The number of hydrogen-bond donors (Lipinski definition) is 1. The highest BCUT2D eigenvalue weighted by Gasteiger charge is 2.28. The van der Waals surface area contributed by atoms with Crippen molar-refractivity contribution in [3.8, 4) is 0 Å². The number of nitrogens with zero attached hydrogens (tertiary/aromatic N) is 1. The molecule has 1 aromatic heterocycles. The molecule has 0 fully saturated rings. The van der Waals surface area contributed by atoms with Gasteiger partial charge in [0.15, 0.2) is 0 Å². The molecule has 70 valence electrons. The highest BCUT2D eigenvalue weighted by molar-refractivity contribution is 5.57. The molecular weight excluding hydrogens is 160 g/mol. The van der Waals surface area contributed by atoms with E-state index in [9.17, 15) is 0 Å². The minimum atomic E-state index is 0.615. The van der Waals surface area contributed by atoms with Gasteiger partial charge in [0.2, 0.25) is 0 Å². The molecule has 1 N–H and O–H groups in total. The van der Waals surface area contributed by atoms with Gasteiger partial charge in [0.25, 0.3) is 0 Å². The smallest absolute Gasteiger partial charge is 0.0565 e. The van der Waals surface area contributed by atoms with Gasteiger partial charge in [0.05, 0.1) is 11.9 Å². The third-order valence-corrected chi connectivity index (χ3v) is 2.96. The highest BCUT2D eigenvalue weighted by atomic mass is 15.0. The number of rotatable bonds is 2. The van der Waals surface area contributed by atoms with E-state index in [4.69, 9.17) is 0 Å². The predicted molar refractivity (Wildman–Crippen MR) is 55.0 cm³/mol. The van der Waals surface area contributed by atoms with Crippen molar-refractivity contribution in [2.24, 2.45) is 0 Å². The molecule has 1 aromatic rings. The number of hydrogen-bond acceptors (Lipinski definition) is 2. The van der Waals surface area contributed by atoms with Gasteiger partial charge in [-0.1, -0.05) is 13.8 Å². The van der Waals surface area contributed by atoms with Crippen LogP contribution in [0.2, 0.25) is 0 Å². The van der Waals surface area contributed by atoms with Crippen LogP contribution in [-0.2, 0) is 0 Å². The van der Waals surface area contributed by atoms with Gasteiger partial charge < -0.3 is 5.32 Å². The van der Waals surface area contributed by atoms with Crippen LogP contribution in [0.1, 0.15) is 38.2 Å². The van der Waals surface area contributed by atoms with Crippen LogP contribution in [-0.4, -0.2) is 11.0 Å². The average molecular weight is 176 g/mol. The van der Waals surface area contributed by atoms with Crippen LogP contribution in [0, 0.1) is 0 Å². The lowest BCUT2D eigenvalue weighted by Gasteiger charge is -2.16. The lowest BCUT2D eigenvalue weighted by atomic mass is 9.92. The third-order valence-electron chi connectivity index (χ3n) is 2.96. The molecule has 0 aliphatic carbocycles. The van der Waals surface area contributed by atoms with Crippen LogP contribution in [0.3, 0.4) is 0 Å². The zero-order valence-electron chi connectivity index (χ0n) is 8.25. The molecule has 0 spiro atoms. The highest BCUT2D eigenvalue weighted by Crippen LogP contribution is 2.38. The quantitative estimate of drug-likeness (QED) is 0.749. The first-order valence-corrected chi connectivity index (χ1v) is 5.07. The monoisotopic (exact) mass is 176 g/mol. The standard InChI is InChI=1S/C11H16N2/c1-3-8-9-5-6-12-7-11(9)13-10(8)4-2/h5-8,10,13H,3-4H2,1-2H3. The molecule has 0 aromatic carbocycles. The first kappa shape index (κ1) is 8.54. The zero-order chi connectivity index (χ0) is 9.26. The minimum Gasteiger partial charge on any atom is -0.380 e. The van der Waals surface area contributed by atoms with Gasteiger partial charge >= 0.3 is 0 Å². The number of pyridine rings is 1. The summed E-state index contributed by atoms with van der Waals surface area (Å²) in [5.41, 5.74) is 2.69. The molecule has 2 heterocycles. The molecule has 2 rings (SSSR count). The van der Waals surface area contributed by atoms with Gasteiger partial charge in [-0.2, -0.15) is 0 Å². The van der Waals surface area contributed by atoms with Crippen LogP contribution in [0.25, 0.3) is 0 Å². The first-order chi connectivity index (χ1) is 6.36. The van der Waals surface area contributed by atoms with Crippen LogP contribution in [0.4, 0.5) is 5.69 Å². The van der Waals surface area contributed by atoms with Crippen molar-refractivity contribution >= 4 is 5.69 Å². The van der Waals surface area contributed by atoms with Crippen LogP contribution in [0.5, 0.6) is 0 Å². The lowest BCUT2D eigenvalue weighted by Crippen LogP contribution is -2.18. The normalized spacial score (nSPS) is 25.4. The van der Waals surface area contributed by atoms with Crippen molar-refractivity contribution in [3.63, 3.8) is 0 Å². The predicted octanol–water partition coefficient (Wildman–Crippen LogP) is 2.78. The molecule has 1 aliphatic rings. The Kier molecular flexibility index (Phi) is 2.21. The second-order valence-electron chi connectivity index (χ2n) is 3.64. The third kappa shape index (κ3) is 1.30. The molecule has 0 radical (unpaired) electrons. The van der Waals surface area contributed by atoms with E-state index in [1.54, 1.807) is 0 Å². The van der Waals surface area contributed by atoms with E-state index < -0.39 is 0 Å². The Labute approximate surface area is 79.4 Å². The molecule has 0 bridgehead atoms. The summed E-state index contributed by atoms with van der Waals surface area (Å²) in [7, 11) is 0. The molecule has 13 heavy (non-hydrogen) atoms. The molecule has 2 heteroatoms. The van der Waals surface area contributed by atoms with Crippen LogP contribution >= 0.6 is 0 Å². The largest absolute Gasteiger partial charge is 0.380 e. The van der Waals surface area contributed by atoms with Crippen LogP contribution in [0.15, 0.2) is 18.5 Å². The lowest BCUT2D eigenvalue weighted by molar-refractivity contribution is 0.562. The fraction of sp³-hybridized carbons (Fsp3) is 0.545. The van der Waals surface area contributed by atoms with E-state index in [1.165, 1.54) is 24.1 Å². The molecule has 0 saturated carbocycles. The average Bonchev–Trinajstić information content (AvgIpc) is 2.55. The summed E-state index contributed by atoms with van der Waals surface area (Å²) in [5.74, 6) is 0.683. The molecule has 0 saturated heterocycles. The van der Waals surface area contributed by atoms with E-state index in [-0.39, 0.29) is 0 Å². The SMILES string of the molecule is CCC1Nc2cnccc2C1CC. The molecule has 2 atom stereocenters. The Hall–Kier alpha value is -1.05. The van der Waals surface area contributed by atoms with Gasteiger partial charge in [-0.3, -0.25) is 4.98 Å². The van der Waals surface area contributed by atoms with Crippen molar-refractivity contribution in [1.82, 2.24) is 4.98 Å². The number of anilines is 1. The minimum absolute atomic E-state index is 0.615. The van der Waals surface area contributed by atoms with E-state index in [0.29, 0.717) is 12.0 Å². The maximum atomic E-state index is 4.13. The summed E-state index contributed by atoms with van der Waals surface area (Å²) >= 11 is 0. The van der Waals surface area contributed by atoms with Crippen molar-refractivity contribution in [2.75, 3.05) is 5.32 Å². The summed E-state index contributed by atoms with van der Waals surface area (Å²) in [6.45, 7) is 4.49. The van der Waals surface area contributed by atoms with Crippen molar-refractivity contribution in [2.45, 2.75) is 38.6 Å². The topological polar surface area (TPSA) is 24.9 Å². The Bertz CT molecular complexity index is 296. The van der Waals surface area contributed by atoms with Gasteiger partial charge in [-0.25, -0.2) is 0 Å². The number of nitrogens with one attached hydrogen (secondary N) is 1. The Morgan fingerprint density at radius 3 is 2.92 bits per heavy atom. The Morgan fingerprint density at radius 1 is 1.38 bits per heavy atom. The summed E-state index contributed by atoms with van der Waals surface area (Å²) in [6.07, 6.45) is 6.23. The summed E-state index contributed by atoms with van der Waals surface area (Å²) < 4.78 is 0. The Morgan fingerprint density at radius 2 is 2.23 bits per heavy atom. The van der Waals surface area contributed by atoms with Gasteiger partial charge in [-0.15, -0.1) is 0 Å². The molecule has 1 aliphatic heterocycles. The van der Waals surface area contributed by atoms with Crippen molar-refractivity contribution in [3.05, 3.63) is 24.0 Å². The second kappa shape index (κ2) is 3.36. The fourth-order valence-corrected chi connectivity index (χ4v) is 2.26. The van der Waals surface area contributed by atoms with Gasteiger partial charge in [0.1, 0.15) is 0 Å². The first-order valence-electron chi connectivity index (χ1n) is 5.07. The number of aromatic nitrogens is 1. The maximum Gasteiger partial charge on any atom is 0.0565 e. The number of fused-ring (bicyclic) bond motifs is 1. The van der Waals surface area contributed by atoms with Crippen LogP contribution < -0.4 is 5.32 Å². The summed E-state index contributed by atoms with van der Waals surface area (Å²) in [4.78, 5) is 4.13. The van der Waals surface area contributed by atoms with E-state index in [2.05, 4.69) is 30.2 Å². The molecular formula is C11H16N2. The summed E-state index contributed by atoms with van der Waals surface area (Å²) in [6, 6.07) is 2.76. The molecule has 2 unspecified atom stereocenters. The van der Waals surface area contributed by atoms with Crippen molar-refractivity contribution in [1.29, 1.82) is 0 Å². The molecule has 0 amide bonds. The fourth-order valence-electron chi connectivity index (χ4n) is 2.26. The Balaban J connectivity index is 2.34. The van der Waals surface area contributed by atoms with E-state index in [0.717, 1.165) is 0 Å². The zero-order valence-corrected chi connectivity index (χ0v) is 8.25. The summed E-state index contributed by atoms with van der Waals surface area (Å²) in [5, 5.41) is 3.52. The maximum absolute atomic E-state index is 4.13. The van der Waals surface area contributed by atoms with E-state index in [1.807, 2.05) is 12.4 Å². The molecule has 2 nitrogen and oxygen atoms in total. The van der Waals surface area contributed by atoms with E-state index >= 15 is 0 Å². The second-order valence-corrected chi connectivity index (χ2v) is 3.64. The van der Waals surface area contributed by atoms with Gasteiger partial charge in [0, 0.05) is 18.2 Å². The van der Waals surface area contributed by atoms with Crippen molar-refractivity contribution < 1.29 is 0 Å². The van der Waals surface area contributed by atoms with Gasteiger partial charge in [-0.05, 0) is 24.5 Å².